The Labute approximate surface area is 179 Å². The van der Waals surface area contributed by atoms with Crippen LogP contribution in [0.15, 0.2) is 29.7 Å². The number of thioether (sulfide) groups is 1. The van der Waals surface area contributed by atoms with Crippen molar-refractivity contribution in [2.75, 3.05) is 26.4 Å². The van der Waals surface area contributed by atoms with Gasteiger partial charge in [-0.3, -0.25) is 9.69 Å². The van der Waals surface area contributed by atoms with Crippen LogP contribution in [0.2, 0.25) is 5.02 Å². The lowest BCUT2D eigenvalue weighted by atomic mass is 10.1. The summed E-state index contributed by atoms with van der Waals surface area (Å²) in [5.74, 6) is 0.885. The standard InChI is InChI=1S/C20H22ClNO4S2/c1-3-7-26-18-15(21)9-13(10-16(18)24-4-2)11-17-19(23)22(20(27)28-17)12-14-6-5-8-25-14/h3,9-11,14H,1,4-8,12H2,2H3/b17-11-/t14-/m1/s1. The van der Waals surface area contributed by atoms with Crippen molar-refractivity contribution in [1.82, 2.24) is 4.90 Å². The molecule has 0 aromatic heterocycles. The van der Waals surface area contributed by atoms with E-state index in [-0.39, 0.29) is 12.0 Å². The van der Waals surface area contributed by atoms with Crippen LogP contribution >= 0.6 is 35.6 Å². The fourth-order valence-electron chi connectivity index (χ4n) is 3.02. The number of hydrogen-bond donors (Lipinski definition) is 0. The molecule has 0 aliphatic carbocycles. The monoisotopic (exact) mass is 439 g/mol. The molecule has 2 aliphatic heterocycles. The van der Waals surface area contributed by atoms with Crippen molar-refractivity contribution in [3.05, 3.63) is 40.3 Å². The van der Waals surface area contributed by atoms with Crippen LogP contribution in [-0.4, -0.2) is 47.6 Å². The van der Waals surface area contributed by atoms with Gasteiger partial charge in [0.2, 0.25) is 0 Å². The number of amides is 1. The molecule has 28 heavy (non-hydrogen) atoms. The molecule has 5 nitrogen and oxygen atoms in total. The van der Waals surface area contributed by atoms with Crippen LogP contribution in [0.1, 0.15) is 25.3 Å². The van der Waals surface area contributed by atoms with Crippen molar-refractivity contribution < 1.29 is 19.0 Å². The van der Waals surface area contributed by atoms with Gasteiger partial charge in [0.25, 0.3) is 5.91 Å². The maximum absolute atomic E-state index is 12.8. The van der Waals surface area contributed by atoms with E-state index in [1.54, 1.807) is 29.2 Å². The molecule has 3 rings (SSSR count). The molecule has 0 saturated carbocycles. The predicted octanol–water partition coefficient (Wildman–Crippen LogP) is 4.68. The average Bonchev–Trinajstić information content (AvgIpc) is 3.26. The minimum absolute atomic E-state index is 0.0575. The molecular formula is C20H22ClNO4S2. The number of carbonyl (C=O) groups is 1. The number of ether oxygens (including phenoxy) is 3. The molecule has 2 heterocycles. The quantitative estimate of drug-likeness (QED) is 0.333. The lowest BCUT2D eigenvalue weighted by Gasteiger charge is -2.18. The van der Waals surface area contributed by atoms with E-state index in [2.05, 4.69) is 6.58 Å². The van der Waals surface area contributed by atoms with E-state index in [4.69, 9.17) is 38.0 Å². The largest absolute Gasteiger partial charge is 0.490 e. The number of rotatable bonds is 8. The van der Waals surface area contributed by atoms with E-state index in [0.29, 0.717) is 45.5 Å². The Hall–Kier alpha value is -1.54. The van der Waals surface area contributed by atoms with E-state index < -0.39 is 0 Å². The minimum Gasteiger partial charge on any atom is -0.490 e. The number of benzene rings is 1. The lowest BCUT2D eigenvalue weighted by Crippen LogP contribution is -2.35. The number of hydrogen-bond acceptors (Lipinski definition) is 6. The molecule has 0 bridgehead atoms. The molecule has 150 valence electrons. The van der Waals surface area contributed by atoms with Gasteiger partial charge in [0.1, 0.15) is 10.9 Å². The second-order valence-corrected chi connectivity index (χ2v) is 8.37. The first-order valence-electron chi connectivity index (χ1n) is 9.10. The summed E-state index contributed by atoms with van der Waals surface area (Å²) in [5.41, 5.74) is 0.747. The third-order valence-electron chi connectivity index (χ3n) is 4.26. The Morgan fingerprint density at radius 3 is 2.96 bits per heavy atom. The van der Waals surface area contributed by atoms with Crippen LogP contribution in [0.25, 0.3) is 6.08 Å². The van der Waals surface area contributed by atoms with Gasteiger partial charge in [0.05, 0.1) is 29.2 Å². The van der Waals surface area contributed by atoms with Gasteiger partial charge < -0.3 is 14.2 Å². The van der Waals surface area contributed by atoms with Crippen molar-refractivity contribution in [3.63, 3.8) is 0 Å². The average molecular weight is 440 g/mol. The third-order valence-corrected chi connectivity index (χ3v) is 5.92. The summed E-state index contributed by atoms with van der Waals surface area (Å²) >= 11 is 13.1. The van der Waals surface area contributed by atoms with Gasteiger partial charge in [0.15, 0.2) is 11.5 Å². The molecule has 0 spiro atoms. The zero-order valence-corrected chi connectivity index (χ0v) is 18.0. The van der Waals surface area contributed by atoms with Crippen molar-refractivity contribution in [2.24, 2.45) is 0 Å². The van der Waals surface area contributed by atoms with Gasteiger partial charge in [-0.1, -0.05) is 48.2 Å². The first-order chi connectivity index (χ1) is 13.5. The van der Waals surface area contributed by atoms with Crippen LogP contribution < -0.4 is 9.47 Å². The predicted molar refractivity (Wildman–Crippen MR) is 117 cm³/mol. The molecule has 1 aromatic rings. The summed E-state index contributed by atoms with van der Waals surface area (Å²) < 4.78 is 17.5. The molecule has 2 fully saturated rings. The Morgan fingerprint density at radius 1 is 1.46 bits per heavy atom. The van der Waals surface area contributed by atoms with E-state index >= 15 is 0 Å². The highest BCUT2D eigenvalue weighted by Crippen LogP contribution is 2.39. The topological polar surface area (TPSA) is 48.0 Å². The Balaban J connectivity index is 1.82. The molecule has 1 atom stereocenters. The SMILES string of the molecule is C=CCOc1c(Cl)cc(/C=C2\SC(=S)N(C[C@H]3CCCO3)C2=O)cc1OCC. The minimum atomic E-state index is -0.105. The second kappa shape index (κ2) is 9.78. The van der Waals surface area contributed by atoms with Gasteiger partial charge in [-0.05, 0) is 43.5 Å². The summed E-state index contributed by atoms with van der Waals surface area (Å²) in [5, 5.41) is 0.411. The van der Waals surface area contributed by atoms with Crippen LogP contribution in [0, 0.1) is 0 Å². The molecule has 2 aliphatic rings. The first-order valence-corrected chi connectivity index (χ1v) is 10.7. The van der Waals surface area contributed by atoms with Crippen molar-refractivity contribution in [1.29, 1.82) is 0 Å². The van der Waals surface area contributed by atoms with E-state index in [1.807, 2.05) is 6.92 Å². The first kappa shape index (κ1) is 21.2. The summed E-state index contributed by atoms with van der Waals surface area (Å²) in [6, 6.07) is 3.55. The lowest BCUT2D eigenvalue weighted by molar-refractivity contribution is -0.123. The zero-order valence-electron chi connectivity index (χ0n) is 15.6. The number of thiocarbonyl (C=S) groups is 1. The summed E-state index contributed by atoms with van der Waals surface area (Å²) in [6.45, 7) is 7.56. The summed E-state index contributed by atoms with van der Waals surface area (Å²) in [4.78, 5) is 15.0. The highest BCUT2D eigenvalue weighted by atomic mass is 35.5. The van der Waals surface area contributed by atoms with Crippen LogP contribution in [-0.2, 0) is 9.53 Å². The molecule has 0 radical (unpaired) electrons. The highest BCUT2D eigenvalue weighted by Gasteiger charge is 2.34. The van der Waals surface area contributed by atoms with Gasteiger partial charge in [0, 0.05) is 6.61 Å². The summed E-state index contributed by atoms with van der Waals surface area (Å²) in [7, 11) is 0. The van der Waals surface area contributed by atoms with Crippen LogP contribution in [0.5, 0.6) is 11.5 Å². The second-order valence-electron chi connectivity index (χ2n) is 6.29. The molecule has 1 amide bonds. The fourth-order valence-corrected chi connectivity index (χ4v) is 4.57. The van der Waals surface area contributed by atoms with Gasteiger partial charge in [-0.2, -0.15) is 0 Å². The smallest absolute Gasteiger partial charge is 0.266 e. The molecule has 8 heteroatoms. The zero-order chi connectivity index (χ0) is 20.1. The molecule has 2 saturated heterocycles. The maximum Gasteiger partial charge on any atom is 0.266 e. The Morgan fingerprint density at radius 2 is 2.29 bits per heavy atom. The Bertz CT molecular complexity index is 806. The normalized spacial score (nSPS) is 20.9. The van der Waals surface area contributed by atoms with E-state index in [9.17, 15) is 4.79 Å². The van der Waals surface area contributed by atoms with Crippen molar-refractivity contribution in [2.45, 2.75) is 25.9 Å². The van der Waals surface area contributed by atoms with E-state index in [1.165, 1.54) is 11.8 Å². The summed E-state index contributed by atoms with van der Waals surface area (Å²) in [6.07, 6.45) is 5.45. The fraction of sp³-hybridized carbons (Fsp3) is 0.400. The van der Waals surface area contributed by atoms with Gasteiger partial charge >= 0.3 is 0 Å². The molecule has 0 unspecified atom stereocenters. The van der Waals surface area contributed by atoms with Gasteiger partial charge in [-0.25, -0.2) is 0 Å². The number of carbonyl (C=O) groups excluding carboxylic acids is 1. The Kier molecular flexibility index (Phi) is 7.40. The van der Waals surface area contributed by atoms with E-state index in [0.717, 1.165) is 25.0 Å². The van der Waals surface area contributed by atoms with Crippen molar-refractivity contribution >= 4 is 51.9 Å². The highest BCUT2D eigenvalue weighted by molar-refractivity contribution is 8.26. The molecule has 1 aromatic carbocycles. The number of nitrogens with zero attached hydrogens (tertiary/aromatic N) is 1. The molecule has 0 N–H and O–H groups in total. The van der Waals surface area contributed by atoms with Gasteiger partial charge in [-0.15, -0.1) is 0 Å². The molecular weight excluding hydrogens is 418 g/mol. The van der Waals surface area contributed by atoms with Crippen molar-refractivity contribution in [3.8, 4) is 11.5 Å². The number of halogens is 1. The third kappa shape index (κ3) is 4.89. The maximum atomic E-state index is 12.8. The van der Waals surface area contributed by atoms with Crippen LogP contribution in [0.4, 0.5) is 0 Å². The van der Waals surface area contributed by atoms with Crippen LogP contribution in [0.3, 0.4) is 0 Å².